The van der Waals surface area contributed by atoms with Crippen molar-refractivity contribution in [3.05, 3.63) is 16.4 Å². The molecule has 0 radical (unpaired) electrons. The first-order valence-corrected chi connectivity index (χ1v) is 5.04. The second-order valence-electron chi connectivity index (χ2n) is 3.47. The Hall–Kier alpha value is -0.980. The van der Waals surface area contributed by atoms with Crippen molar-refractivity contribution in [1.29, 1.82) is 0 Å². The average Bonchev–Trinajstić information content (AvgIpc) is 2.85. The van der Waals surface area contributed by atoms with Crippen molar-refractivity contribution < 1.29 is 18.7 Å². The van der Waals surface area contributed by atoms with Crippen LogP contribution >= 0.6 is 15.9 Å². The minimum atomic E-state index is -2.60. The summed E-state index contributed by atoms with van der Waals surface area (Å²) in [5, 5.41) is 12.6. The van der Waals surface area contributed by atoms with Crippen LogP contribution in [0.1, 0.15) is 23.3 Å². The zero-order chi connectivity index (χ0) is 11.2. The number of carboxylic acid groups (broad SMARTS) is 1. The minimum Gasteiger partial charge on any atom is -0.477 e. The van der Waals surface area contributed by atoms with Crippen LogP contribution in [0.25, 0.3) is 0 Å². The Kier molecular flexibility index (Phi) is 2.29. The van der Waals surface area contributed by atoms with Gasteiger partial charge in [-0.25, -0.2) is 18.3 Å². The van der Waals surface area contributed by atoms with E-state index in [1.165, 1.54) is 6.07 Å². The molecular formula is C8H7BrF2N2O2. The summed E-state index contributed by atoms with van der Waals surface area (Å²) in [6, 6.07) is 1.23. The predicted octanol–water partition coefficient (Wildman–Crippen LogP) is 2.10. The molecule has 1 saturated carbocycles. The minimum absolute atomic E-state index is 0.209. The molecule has 4 nitrogen and oxygen atoms in total. The van der Waals surface area contributed by atoms with E-state index in [2.05, 4.69) is 21.0 Å². The summed E-state index contributed by atoms with van der Waals surface area (Å²) in [4.78, 5) is 10.8. The van der Waals surface area contributed by atoms with E-state index >= 15 is 0 Å². The quantitative estimate of drug-likeness (QED) is 0.923. The number of rotatable bonds is 3. The van der Waals surface area contributed by atoms with Crippen molar-refractivity contribution in [2.24, 2.45) is 0 Å². The molecule has 0 unspecified atom stereocenters. The molecule has 0 spiro atoms. The van der Waals surface area contributed by atoms with Crippen LogP contribution in [0.5, 0.6) is 0 Å². The van der Waals surface area contributed by atoms with Crippen molar-refractivity contribution >= 4 is 21.9 Å². The van der Waals surface area contributed by atoms with E-state index in [0.29, 0.717) is 0 Å². The highest BCUT2D eigenvalue weighted by molar-refractivity contribution is 9.10. The van der Waals surface area contributed by atoms with Crippen molar-refractivity contribution in [2.75, 3.05) is 0 Å². The van der Waals surface area contributed by atoms with Gasteiger partial charge in [0, 0.05) is 6.07 Å². The van der Waals surface area contributed by atoms with Crippen LogP contribution in [0.15, 0.2) is 10.7 Å². The lowest BCUT2D eigenvalue weighted by atomic mass is 10.2. The first-order valence-electron chi connectivity index (χ1n) is 4.25. The van der Waals surface area contributed by atoms with Crippen LogP contribution in [0.2, 0.25) is 0 Å². The number of hydrogen-bond acceptors (Lipinski definition) is 2. The van der Waals surface area contributed by atoms with Crippen LogP contribution in [0, 0.1) is 0 Å². The molecule has 0 amide bonds. The summed E-state index contributed by atoms with van der Waals surface area (Å²) in [6.45, 7) is 0. The van der Waals surface area contributed by atoms with Crippen LogP contribution in [0.4, 0.5) is 8.78 Å². The number of aromatic carboxylic acids is 1. The SMILES string of the molecule is O=C(O)c1cc(Br)nn1C1(C(F)F)CC1. The second-order valence-corrected chi connectivity index (χ2v) is 4.29. The number of alkyl halides is 2. The highest BCUT2D eigenvalue weighted by Gasteiger charge is 2.55. The Bertz CT molecular complexity index is 415. The number of carboxylic acids is 1. The Labute approximate surface area is 92.0 Å². The number of aromatic nitrogens is 2. The Morgan fingerprint density at radius 3 is 2.67 bits per heavy atom. The van der Waals surface area contributed by atoms with E-state index in [1.807, 2.05) is 0 Å². The van der Waals surface area contributed by atoms with E-state index in [1.54, 1.807) is 0 Å². The fourth-order valence-corrected chi connectivity index (χ4v) is 1.87. The molecule has 1 N–H and O–H groups in total. The molecule has 1 aromatic heterocycles. The Morgan fingerprint density at radius 1 is 1.67 bits per heavy atom. The highest BCUT2D eigenvalue weighted by atomic mass is 79.9. The molecule has 1 heterocycles. The number of hydrogen-bond donors (Lipinski definition) is 1. The van der Waals surface area contributed by atoms with Gasteiger partial charge in [-0.15, -0.1) is 0 Å². The van der Waals surface area contributed by atoms with Crippen LogP contribution in [-0.2, 0) is 5.54 Å². The van der Waals surface area contributed by atoms with Gasteiger partial charge in [0.2, 0.25) is 0 Å². The van der Waals surface area contributed by atoms with Gasteiger partial charge >= 0.3 is 5.97 Å². The van der Waals surface area contributed by atoms with Crippen molar-refractivity contribution in [3.63, 3.8) is 0 Å². The molecule has 82 valence electrons. The summed E-state index contributed by atoms with van der Waals surface area (Å²) >= 11 is 2.98. The number of halogens is 3. The zero-order valence-electron chi connectivity index (χ0n) is 7.45. The molecular weight excluding hydrogens is 274 g/mol. The van der Waals surface area contributed by atoms with E-state index < -0.39 is 17.9 Å². The molecule has 0 aromatic carbocycles. The summed E-state index contributed by atoms with van der Waals surface area (Å²) in [6.07, 6.45) is -2.07. The van der Waals surface area contributed by atoms with E-state index in [0.717, 1.165) is 4.68 Å². The molecule has 0 saturated heterocycles. The third-order valence-corrected chi connectivity index (χ3v) is 2.88. The fourth-order valence-electron chi connectivity index (χ4n) is 1.49. The van der Waals surface area contributed by atoms with Gasteiger partial charge in [-0.05, 0) is 28.8 Å². The summed E-state index contributed by atoms with van der Waals surface area (Å²) in [5.41, 5.74) is -1.61. The van der Waals surface area contributed by atoms with Crippen LogP contribution in [-0.4, -0.2) is 27.3 Å². The third kappa shape index (κ3) is 1.54. The highest BCUT2D eigenvalue weighted by Crippen LogP contribution is 2.49. The van der Waals surface area contributed by atoms with Gasteiger partial charge in [-0.1, -0.05) is 0 Å². The van der Waals surface area contributed by atoms with Gasteiger partial charge in [0.1, 0.15) is 15.8 Å². The molecule has 1 aromatic rings. The van der Waals surface area contributed by atoms with Crippen molar-refractivity contribution in [3.8, 4) is 0 Å². The van der Waals surface area contributed by atoms with E-state index in [-0.39, 0.29) is 23.1 Å². The van der Waals surface area contributed by atoms with Gasteiger partial charge in [0.25, 0.3) is 6.43 Å². The molecule has 1 aliphatic rings. The largest absolute Gasteiger partial charge is 0.477 e. The van der Waals surface area contributed by atoms with Gasteiger partial charge in [0.05, 0.1) is 0 Å². The van der Waals surface area contributed by atoms with E-state index in [4.69, 9.17) is 5.11 Å². The number of carbonyl (C=O) groups is 1. The molecule has 0 atom stereocenters. The predicted molar refractivity (Wildman–Crippen MR) is 50.1 cm³/mol. The Balaban J connectivity index is 2.48. The monoisotopic (exact) mass is 280 g/mol. The van der Waals surface area contributed by atoms with Crippen LogP contribution in [0.3, 0.4) is 0 Å². The summed E-state index contributed by atoms with van der Waals surface area (Å²) in [5.74, 6) is -1.25. The lowest BCUT2D eigenvalue weighted by Gasteiger charge is -2.16. The molecule has 7 heteroatoms. The molecule has 2 rings (SSSR count). The average molecular weight is 281 g/mol. The fraction of sp³-hybridized carbons (Fsp3) is 0.500. The van der Waals surface area contributed by atoms with Gasteiger partial charge < -0.3 is 5.11 Å². The first-order chi connectivity index (χ1) is 6.97. The van der Waals surface area contributed by atoms with E-state index in [9.17, 15) is 13.6 Å². The molecule has 1 fully saturated rings. The molecule has 0 aliphatic heterocycles. The molecule has 0 bridgehead atoms. The van der Waals surface area contributed by atoms with Crippen LogP contribution < -0.4 is 0 Å². The second kappa shape index (κ2) is 3.26. The van der Waals surface area contributed by atoms with Gasteiger partial charge in [-0.3, -0.25) is 0 Å². The maximum absolute atomic E-state index is 12.7. The number of nitrogens with zero attached hydrogens (tertiary/aromatic N) is 2. The maximum Gasteiger partial charge on any atom is 0.354 e. The maximum atomic E-state index is 12.7. The normalized spacial score (nSPS) is 18.1. The third-order valence-electron chi connectivity index (χ3n) is 2.49. The molecule has 1 aliphatic carbocycles. The van der Waals surface area contributed by atoms with Gasteiger partial charge in [-0.2, -0.15) is 5.10 Å². The lowest BCUT2D eigenvalue weighted by molar-refractivity contribution is 0.0519. The Morgan fingerprint density at radius 2 is 2.27 bits per heavy atom. The lowest BCUT2D eigenvalue weighted by Crippen LogP contribution is -2.29. The smallest absolute Gasteiger partial charge is 0.354 e. The summed E-state index contributed by atoms with van der Waals surface area (Å²) in [7, 11) is 0. The standard InChI is InChI=1S/C8H7BrF2N2O2/c9-5-3-4(6(14)15)13(12-5)8(1-2-8)7(10)11/h3,7H,1-2H2,(H,14,15). The van der Waals surface area contributed by atoms with Gasteiger partial charge in [0.15, 0.2) is 0 Å². The first kappa shape index (κ1) is 10.5. The van der Waals surface area contributed by atoms with Crippen molar-refractivity contribution in [1.82, 2.24) is 9.78 Å². The van der Waals surface area contributed by atoms with Crippen molar-refractivity contribution in [2.45, 2.75) is 24.8 Å². The topological polar surface area (TPSA) is 55.1 Å². The molecule has 15 heavy (non-hydrogen) atoms. The zero-order valence-corrected chi connectivity index (χ0v) is 9.04. The summed E-state index contributed by atoms with van der Waals surface area (Å²) < 4.78 is 26.7.